The molecule has 1 aliphatic rings. The van der Waals surface area contributed by atoms with Crippen molar-refractivity contribution in [1.82, 2.24) is 9.80 Å². The van der Waals surface area contributed by atoms with E-state index in [0.29, 0.717) is 6.42 Å². The molecule has 1 aliphatic heterocycles. The molecule has 1 rings (SSSR count). The first kappa shape index (κ1) is 9.98. The number of hydrogen-bond donors (Lipinski definition) is 0. The van der Waals surface area contributed by atoms with Crippen LogP contribution in [0.5, 0.6) is 0 Å². The molecule has 1 fully saturated rings. The van der Waals surface area contributed by atoms with Gasteiger partial charge in [0.25, 0.3) is 0 Å². The highest BCUT2D eigenvalue weighted by atomic mass is 15.3. The minimum absolute atomic E-state index is 0.210. The summed E-state index contributed by atoms with van der Waals surface area (Å²) in [7, 11) is 2.07. The second-order valence-electron chi connectivity index (χ2n) is 3.35. The molecule has 0 bridgehead atoms. The summed E-state index contributed by atoms with van der Waals surface area (Å²) in [6.07, 6.45) is 0.320. The standard InChI is InChI=1S/C9H14N4/c1-12-4-6-13(7-5-12)9(8-11)2-3-10/h9H,2,4-7H2,1H3/t9-/m0/s1. The van der Waals surface area contributed by atoms with Gasteiger partial charge < -0.3 is 4.90 Å². The maximum Gasteiger partial charge on any atom is 0.111 e. The van der Waals surface area contributed by atoms with E-state index in [9.17, 15) is 0 Å². The monoisotopic (exact) mass is 178 g/mol. The number of rotatable bonds is 2. The average Bonchev–Trinajstić information content (AvgIpc) is 2.16. The van der Waals surface area contributed by atoms with Gasteiger partial charge in [-0.05, 0) is 7.05 Å². The summed E-state index contributed by atoms with van der Waals surface area (Å²) in [5.74, 6) is 0. The Kier molecular flexibility index (Phi) is 3.70. The minimum Gasteiger partial charge on any atom is -0.304 e. The number of nitrogens with zero attached hydrogens (tertiary/aromatic N) is 4. The molecule has 1 atom stereocenters. The van der Waals surface area contributed by atoms with Crippen LogP contribution in [0, 0.1) is 22.7 Å². The van der Waals surface area contributed by atoms with Gasteiger partial charge in [0, 0.05) is 26.2 Å². The van der Waals surface area contributed by atoms with Gasteiger partial charge in [-0.1, -0.05) is 0 Å². The molecule has 13 heavy (non-hydrogen) atoms. The highest BCUT2D eigenvalue weighted by Crippen LogP contribution is 2.06. The Labute approximate surface area is 79.0 Å². The fourth-order valence-corrected chi connectivity index (χ4v) is 1.48. The van der Waals surface area contributed by atoms with Crippen molar-refractivity contribution in [2.75, 3.05) is 33.2 Å². The van der Waals surface area contributed by atoms with Gasteiger partial charge in [-0.3, -0.25) is 4.90 Å². The van der Waals surface area contributed by atoms with Crippen molar-refractivity contribution in [2.45, 2.75) is 12.5 Å². The van der Waals surface area contributed by atoms with Gasteiger partial charge in [-0.25, -0.2) is 0 Å². The highest BCUT2D eigenvalue weighted by Gasteiger charge is 2.21. The number of nitriles is 2. The van der Waals surface area contributed by atoms with Crippen molar-refractivity contribution in [3.8, 4) is 12.1 Å². The SMILES string of the molecule is CN1CCN([C@H](C#N)CC#N)CC1. The zero-order chi connectivity index (χ0) is 9.68. The molecule has 4 nitrogen and oxygen atoms in total. The number of likely N-dealkylation sites (N-methyl/N-ethyl adjacent to an activating group) is 1. The van der Waals surface area contributed by atoms with Crippen LogP contribution in [0.1, 0.15) is 6.42 Å². The van der Waals surface area contributed by atoms with Gasteiger partial charge in [-0.2, -0.15) is 10.5 Å². The van der Waals surface area contributed by atoms with Gasteiger partial charge in [-0.15, -0.1) is 0 Å². The van der Waals surface area contributed by atoms with Crippen LogP contribution in [0.15, 0.2) is 0 Å². The Balaban J connectivity index is 2.43. The van der Waals surface area contributed by atoms with E-state index in [-0.39, 0.29) is 6.04 Å². The summed E-state index contributed by atoms with van der Waals surface area (Å²) >= 11 is 0. The van der Waals surface area contributed by atoms with Crippen LogP contribution in [0.4, 0.5) is 0 Å². The van der Waals surface area contributed by atoms with Crippen LogP contribution >= 0.6 is 0 Å². The number of piperazine rings is 1. The Morgan fingerprint density at radius 3 is 2.31 bits per heavy atom. The van der Waals surface area contributed by atoms with Crippen LogP contribution in [-0.4, -0.2) is 49.1 Å². The van der Waals surface area contributed by atoms with E-state index >= 15 is 0 Å². The van der Waals surface area contributed by atoms with Gasteiger partial charge in [0.1, 0.15) is 6.04 Å². The van der Waals surface area contributed by atoms with E-state index in [2.05, 4.69) is 22.9 Å². The summed E-state index contributed by atoms with van der Waals surface area (Å²) in [6, 6.07) is 4.01. The predicted molar refractivity (Wildman–Crippen MR) is 48.7 cm³/mol. The maximum atomic E-state index is 8.82. The Hall–Kier alpha value is -1.10. The minimum atomic E-state index is -0.210. The first-order chi connectivity index (χ1) is 6.27. The van der Waals surface area contributed by atoms with Crippen LogP contribution in [-0.2, 0) is 0 Å². The van der Waals surface area contributed by atoms with Crippen LogP contribution in [0.25, 0.3) is 0 Å². The molecule has 1 saturated heterocycles. The topological polar surface area (TPSA) is 54.1 Å². The van der Waals surface area contributed by atoms with E-state index in [1.165, 1.54) is 0 Å². The van der Waals surface area contributed by atoms with Crippen LogP contribution in [0.3, 0.4) is 0 Å². The fourth-order valence-electron chi connectivity index (χ4n) is 1.48. The zero-order valence-corrected chi connectivity index (χ0v) is 7.90. The third-order valence-electron chi connectivity index (χ3n) is 2.41. The van der Waals surface area contributed by atoms with Crippen molar-refractivity contribution in [3.05, 3.63) is 0 Å². The zero-order valence-electron chi connectivity index (χ0n) is 7.90. The lowest BCUT2D eigenvalue weighted by Gasteiger charge is -2.34. The molecule has 0 spiro atoms. The third-order valence-corrected chi connectivity index (χ3v) is 2.41. The molecule has 0 amide bonds. The Bertz CT molecular complexity index is 229. The molecule has 0 N–H and O–H groups in total. The molecule has 1 heterocycles. The molecular weight excluding hydrogens is 164 g/mol. The van der Waals surface area contributed by atoms with E-state index < -0.39 is 0 Å². The van der Waals surface area contributed by atoms with Gasteiger partial charge in [0.15, 0.2) is 0 Å². The quantitative estimate of drug-likeness (QED) is 0.599. The summed E-state index contributed by atoms with van der Waals surface area (Å²) in [5.41, 5.74) is 0. The Morgan fingerprint density at radius 1 is 1.23 bits per heavy atom. The lowest BCUT2D eigenvalue weighted by atomic mass is 10.2. The lowest BCUT2D eigenvalue weighted by Crippen LogP contribution is -2.48. The number of hydrogen-bond acceptors (Lipinski definition) is 4. The van der Waals surface area contributed by atoms with Gasteiger partial charge in [0.2, 0.25) is 0 Å². The molecule has 0 aliphatic carbocycles. The summed E-state index contributed by atoms with van der Waals surface area (Å²) < 4.78 is 0. The first-order valence-electron chi connectivity index (χ1n) is 4.47. The molecule has 0 saturated carbocycles. The average molecular weight is 178 g/mol. The molecule has 0 unspecified atom stereocenters. The van der Waals surface area contributed by atoms with Crippen molar-refractivity contribution in [2.24, 2.45) is 0 Å². The molecule has 0 aromatic heterocycles. The first-order valence-corrected chi connectivity index (χ1v) is 4.47. The van der Waals surface area contributed by atoms with Crippen molar-refractivity contribution >= 4 is 0 Å². The summed E-state index contributed by atoms with van der Waals surface area (Å²) in [4.78, 5) is 4.32. The van der Waals surface area contributed by atoms with E-state index in [1.54, 1.807) is 0 Å². The molecule has 0 aromatic carbocycles. The predicted octanol–water partition coefficient (Wildman–Crippen LogP) is 0.0397. The normalized spacial score (nSPS) is 21.8. The van der Waals surface area contributed by atoms with Crippen molar-refractivity contribution < 1.29 is 0 Å². The fraction of sp³-hybridized carbons (Fsp3) is 0.778. The van der Waals surface area contributed by atoms with Crippen molar-refractivity contribution in [3.63, 3.8) is 0 Å². The lowest BCUT2D eigenvalue weighted by molar-refractivity contribution is 0.134. The molecule has 0 radical (unpaired) electrons. The van der Waals surface area contributed by atoms with Gasteiger partial charge >= 0.3 is 0 Å². The maximum absolute atomic E-state index is 8.82. The largest absolute Gasteiger partial charge is 0.304 e. The summed E-state index contributed by atoms with van der Waals surface area (Å²) in [5, 5.41) is 17.3. The Morgan fingerprint density at radius 2 is 1.85 bits per heavy atom. The molecule has 0 aromatic rings. The second kappa shape index (κ2) is 4.81. The van der Waals surface area contributed by atoms with E-state index in [4.69, 9.17) is 10.5 Å². The second-order valence-corrected chi connectivity index (χ2v) is 3.35. The van der Waals surface area contributed by atoms with E-state index in [1.807, 2.05) is 6.07 Å². The third kappa shape index (κ3) is 2.69. The van der Waals surface area contributed by atoms with Gasteiger partial charge in [0.05, 0.1) is 18.6 Å². The van der Waals surface area contributed by atoms with Crippen LogP contribution < -0.4 is 0 Å². The molecule has 4 heteroatoms. The van der Waals surface area contributed by atoms with Crippen molar-refractivity contribution in [1.29, 1.82) is 10.5 Å². The smallest absolute Gasteiger partial charge is 0.111 e. The van der Waals surface area contributed by atoms with E-state index in [0.717, 1.165) is 26.2 Å². The molecular formula is C9H14N4. The van der Waals surface area contributed by atoms with Crippen LogP contribution in [0.2, 0.25) is 0 Å². The summed E-state index contributed by atoms with van der Waals surface area (Å²) in [6.45, 7) is 3.78. The highest BCUT2D eigenvalue weighted by molar-refractivity contribution is 4.98. The molecule has 70 valence electrons.